The predicted octanol–water partition coefficient (Wildman–Crippen LogP) is 12.2. The van der Waals surface area contributed by atoms with E-state index in [9.17, 15) is 37.1 Å². The highest BCUT2D eigenvalue weighted by Gasteiger charge is 2.33. The van der Waals surface area contributed by atoms with Crippen molar-refractivity contribution in [3.05, 3.63) is 403 Å². The molecule has 20 nitrogen and oxygen atoms in total. The molecular formula is C105H97Cl2F3N15O5S10+5. The van der Waals surface area contributed by atoms with Gasteiger partial charge in [0.25, 0.3) is 27.8 Å². The Balaban J connectivity index is 0.000000121. The van der Waals surface area contributed by atoms with E-state index in [4.69, 9.17) is 23.2 Å². The first kappa shape index (κ1) is 99.6. The van der Waals surface area contributed by atoms with Gasteiger partial charge in [0.2, 0.25) is 34.7 Å². The number of anilines is 5. The molecule has 0 spiro atoms. The summed E-state index contributed by atoms with van der Waals surface area (Å²) in [5, 5.41) is 5.88. The fourth-order valence-electron chi connectivity index (χ4n) is 16.2. The first-order valence-corrected chi connectivity index (χ1v) is 53.5. The van der Waals surface area contributed by atoms with E-state index in [2.05, 4.69) is 86.0 Å². The molecule has 21 rings (SSSR count). The molecule has 0 fully saturated rings. The van der Waals surface area contributed by atoms with Crippen LogP contribution in [0.2, 0.25) is 10.0 Å². The molecule has 712 valence electrons. The molecule has 0 saturated carbocycles. The van der Waals surface area contributed by atoms with Crippen LogP contribution in [0.5, 0.6) is 0 Å². The van der Waals surface area contributed by atoms with Crippen molar-refractivity contribution in [2.75, 3.05) is 59.7 Å². The molecule has 0 radical (unpaired) electrons. The molecule has 0 atom stereocenters. The van der Waals surface area contributed by atoms with Crippen LogP contribution in [0.1, 0.15) is 61.7 Å². The Kier molecular flexibility index (Phi) is 30.8. The second kappa shape index (κ2) is 43.2. The summed E-state index contributed by atoms with van der Waals surface area (Å²) >= 11 is 27.7. The van der Waals surface area contributed by atoms with E-state index in [1.54, 1.807) is 97.1 Å². The maximum atomic E-state index is 14.2. The standard InChI is InChI=1S/C25H22N3OS2.2C20H19ClN3OS2.C20H18F2N3OS2.C20H19FN3OS2/c1-26-15-9-8-12-19(26)16-22-28(17-18-10-4-3-5-11-18)24(29)23(31-22)25-27(2)20-13-6-7-14-21(20)30-25;1-4-24-16(12-13-8-5-6-11-22(13)2)27-18(19(24)25)20-23(3)17-14(21)9-7-10-15(17)26-20;1-4-24-17(12-14-11-13(21)9-10-22(14)2)27-18(19(24)25)20-23(3)15-7-5-6-8-16(15)26-20;1-4-25-15(11-12-7-5-6-10-23(12)2)27-18(19(25)26)20-24(3)14-9-8-13(21)16(22)17(14)28-20;1-4-24-17(11-14-10-9-13(21)12-22(14)2)27-18(19(24)25)20-23(3)15-7-5-6-8-16(15)26-20/h3-16H,17H2,1-2H3;2*5-12H,4H2,1-3H3;5-11H,4H2,1-3H3;5-12H,4H2,1-3H3/q5*+1/b25-23+;4*20-18+. The van der Waals surface area contributed by atoms with Gasteiger partial charge >= 0.3 is 0 Å². The number of rotatable bonds is 11. The summed E-state index contributed by atoms with van der Waals surface area (Å²) in [7, 11) is 19.5. The second-order valence-electron chi connectivity index (χ2n) is 32.6. The molecule has 5 aliphatic rings. The van der Waals surface area contributed by atoms with E-state index >= 15 is 0 Å². The fraction of sp³-hybridized carbons (Fsp3) is 0.181. The van der Waals surface area contributed by atoms with Crippen molar-refractivity contribution in [3.63, 3.8) is 0 Å². The molecule has 0 bridgehead atoms. The van der Waals surface area contributed by atoms with Gasteiger partial charge in [0.1, 0.15) is 106 Å². The summed E-state index contributed by atoms with van der Waals surface area (Å²) in [5.41, 5.74) is 11.0. The fourth-order valence-corrected chi connectivity index (χ4v) is 29.0. The summed E-state index contributed by atoms with van der Waals surface area (Å²) in [6.45, 7) is 10.8. The molecule has 16 aromatic rings. The molecule has 0 aliphatic carbocycles. The smallest absolute Gasteiger partial charge is 0.272 e. The van der Waals surface area contributed by atoms with Crippen LogP contribution in [0.25, 0.3) is 55.5 Å². The van der Waals surface area contributed by atoms with Crippen LogP contribution in [0.15, 0.2) is 292 Å². The lowest BCUT2D eigenvalue weighted by Gasteiger charge is -2.13. The molecule has 0 saturated heterocycles. The number of thioether (sulfide) groups is 5. The zero-order valence-electron chi connectivity index (χ0n) is 78.7. The second-order valence-corrected chi connectivity index (χ2v) is 43.8. The number of hydrogen-bond acceptors (Lipinski definition) is 20. The van der Waals surface area contributed by atoms with Crippen LogP contribution in [0.3, 0.4) is 0 Å². The number of thiazole rings is 5. The van der Waals surface area contributed by atoms with Crippen molar-refractivity contribution < 1.29 is 36.0 Å². The van der Waals surface area contributed by atoms with Gasteiger partial charge in [0.15, 0.2) is 42.2 Å². The number of aryl methyl sites for hydroxylation is 5. The molecule has 6 aromatic carbocycles. The number of fused-ring (bicyclic) bond motifs is 5. The largest absolute Gasteiger partial charge is 0.337 e. The van der Waals surface area contributed by atoms with Crippen LogP contribution in [-0.4, -0.2) is 58.1 Å². The van der Waals surface area contributed by atoms with Gasteiger partial charge in [-0.15, -0.1) is 56.7 Å². The van der Waals surface area contributed by atoms with Crippen LogP contribution in [0.4, 0.5) is 41.6 Å². The highest BCUT2D eigenvalue weighted by molar-refractivity contribution is 8.10. The van der Waals surface area contributed by atoms with Crippen LogP contribution in [0, 0.1) is 17.5 Å². The van der Waals surface area contributed by atoms with Gasteiger partial charge in [0, 0.05) is 166 Å². The number of benzene rings is 6. The van der Waals surface area contributed by atoms with Gasteiger partial charge in [-0.05, 0) is 118 Å². The van der Waals surface area contributed by atoms with Gasteiger partial charge in [-0.25, -0.2) is 31.4 Å². The molecule has 0 unspecified atom stereocenters. The Morgan fingerprint density at radius 1 is 0.321 bits per heavy atom. The van der Waals surface area contributed by atoms with E-state index in [-0.39, 0.29) is 38.5 Å². The number of hydrogen-bond donors (Lipinski definition) is 0. The first-order chi connectivity index (χ1) is 67.5. The van der Waals surface area contributed by atoms with E-state index in [0.717, 1.165) is 146 Å². The van der Waals surface area contributed by atoms with Gasteiger partial charge in [-0.2, -0.15) is 4.57 Å². The lowest BCUT2D eigenvalue weighted by molar-refractivity contribution is -0.674. The number of nitrogens with zero attached hydrogens (tertiary/aromatic N) is 15. The van der Waals surface area contributed by atoms with Crippen molar-refractivity contribution in [1.29, 1.82) is 0 Å². The highest BCUT2D eigenvalue weighted by Crippen LogP contribution is 2.51. The summed E-state index contributed by atoms with van der Waals surface area (Å²) in [5.74, 6) is -2.05. The van der Waals surface area contributed by atoms with Crippen molar-refractivity contribution >= 4 is 223 Å². The van der Waals surface area contributed by atoms with E-state index in [1.807, 2.05) is 293 Å². The minimum Gasteiger partial charge on any atom is -0.337 e. The Labute approximate surface area is 856 Å². The summed E-state index contributed by atoms with van der Waals surface area (Å²) < 4.78 is 68.1. The van der Waals surface area contributed by atoms with E-state index in [1.165, 1.54) is 73.5 Å². The van der Waals surface area contributed by atoms with Crippen LogP contribution >= 0.6 is 139 Å². The van der Waals surface area contributed by atoms with E-state index < -0.39 is 11.6 Å². The average molecular weight is 2100 g/mol. The van der Waals surface area contributed by atoms with Crippen molar-refractivity contribution in [3.8, 4) is 0 Å². The maximum Gasteiger partial charge on any atom is 0.272 e. The van der Waals surface area contributed by atoms with Crippen molar-refractivity contribution in [1.82, 2.24) is 22.8 Å². The molecule has 0 N–H and O–H groups in total. The predicted molar refractivity (Wildman–Crippen MR) is 574 cm³/mol. The first-order valence-electron chi connectivity index (χ1n) is 44.6. The molecule has 35 heteroatoms. The Bertz CT molecular complexity index is 8650. The zero-order valence-corrected chi connectivity index (χ0v) is 88.4. The number of halogens is 5. The third-order valence-corrected chi connectivity index (χ3v) is 36.8. The topological polar surface area (TPSA) is 146 Å². The van der Waals surface area contributed by atoms with E-state index in [0.29, 0.717) is 58.0 Å². The lowest BCUT2D eigenvalue weighted by atomic mass is 10.2. The van der Waals surface area contributed by atoms with Gasteiger partial charge in [-0.1, -0.05) is 155 Å². The van der Waals surface area contributed by atoms with Crippen molar-refractivity contribution in [2.24, 2.45) is 35.2 Å². The number of pyridine rings is 5. The monoisotopic (exact) mass is 2090 g/mol. The third-order valence-electron chi connectivity index (χ3n) is 23.8. The van der Waals surface area contributed by atoms with Gasteiger partial charge < -0.3 is 24.5 Å². The highest BCUT2D eigenvalue weighted by atomic mass is 35.5. The Morgan fingerprint density at radius 2 is 0.664 bits per heavy atom. The van der Waals surface area contributed by atoms with Crippen LogP contribution in [-0.2, 0) is 68.0 Å². The lowest BCUT2D eigenvalue weighted by Crippen LogP contribution is -2.35. The molecule has 5 aliphatic heterocycles. The molecule has 0 amide bonds. The number of aromatic nitrogens is 10. The van der Waals surface area contributed by atoms with Gasteiger partial charge in [-0.3, -0.25) is 46.8 Å². The molecule has 15 heterocycles. The molecular weight excluding hydrogens is 2000 g/mol. The third kappa shape index (κ3) is 20.4. The normalized spacial score (nSPS) is 16.0. The maximum absolute atomic E-state index is 14.2. The van der Waals surface area contributed by atoms with Gasteiger partial charge in [0.05, 0.1) is 49.9 Å². The summed E-state index contributed by atoms with van der Waals surface area (Å²) in [6, 6.07) is 68.2. The minimum atomic E-state index is -0.886. The minimum absolute atomic E-state index is 0.0145. The molecule has 140 heavy (non-hydrogen) atoms. The quantitative estimate of drug-likeness (QED) is 0.113. The zero-order chi connectivity index (χ0) is 98.8. The van der Waals surface area contributed by atoms with Crippen LogP contribution < -0.4 is 121 Å². The SMILES string of the molecule is CCn1c(=O)/c(=C2\Sc3c(ccc(F)c3F)N2C)s/c1=C\c1cccc[n+]1C.CCn1c(=O)/c(=C2\Sc3cccc(Cl)c3N2C)s/c1=C\c1cccc[n+]1C.CCn1c(=O)/c(=C2\Sc3ccccc3N2C)s/c1=C\c1cc(Cl)cc[n+]1C.CCn1c(=O)/c(=C2\Sc3ccccc3N2C)s/c1=C\c1ccc(F)c[n+]1C.CN1/C(=c2\s/c(=C\c3cccc[n+]3C)n(Cc3ccccc3)c2=O)Sc2ccccc21. The number of para-hydroxylation sites is 4. The molecule has 10 aromatic heterocycles. The Morgan fingerprint density at radius 3 is 1.06 bits per heavy atom. The summed E-state index contributed by atoms with van der Waals surface area (Å²) in [4.78, 5) is 80.9. The van der Waals surface area contributed by atoms with Crippen molar-refractivity contribution in [2.45, 2.75) is 84.9 Å². The summed E-state index contributed by atoms with van der Waals surface area (Å²) in [6.07, 6.45) is 19.4. The Hall–Kier alpha value is -12.0. The average Bonchev–Trinajstić information content (AvgIpc) is 1.58.